The molecule has 0 heterocycles. The number of hydrogen-bond donors (Lipinski definition) is 1. The zero-order valence-electron chi connectivity index (χ0n) is 18.8. The highest BCUT2D eigenvalue weighted by atomic mass is 32.2. The molecule has 34 heavy (non-hydrogen) atoms. The number of benzene rings is 3. The molecule has 0 atom stereocenters. The Hall–Kier alpha value is -3.13. The third-order valence-electron chi connectivity index (χ3n) is 5.11. The molecular weight excluding hydrogens is 465 g/mol. The van der Waals surface area contributed by atoms with Crippen molar-refractivity contribution in [1.82, 2.24) is 0 Å². The zero-order chi connectivity index (χ0) is 24.7. The predicted molar refractivity (Wildman–Crippen MR) is 127 cm³/mol. The number of carboxylic acids is 1. The lowest BCUT2D eigenvalue weighted by Gasteiger charge is -2.16. The van der Waals surface area contributed by atoms with Crippen LogP contribution >= 0.6 is 11.8 Å². The number of alkyl halides is 3. The van der Waals surface area contributed by atoms with Crippen molar-refractivity contribution in [3.63, 3.8) is 0 Å². The Morgan fingerprint density at radius 1 is 0.941 bits per heavy atom. The van der Waals surface area contributed by atoms with Crippen LogP contribution in [0.15, 0.2) is 65.6 Å². The van der Waals surface area contributed by atoms with E-state index in [1.807, 2.05) is 44.2 Å². The van der Waals surface area contributed by atoms with Gasteiger partial charge in [-0.05, 0) is 61.2 Å². The second kappa shape index (κ2) is 11.3. The Kier molecular flexibility index (Phi) is 8.50. The zero-order valence-corrected chi connectivity index (χ0v) is 19.6. The number of thioether (sulfide) groups is 1. The molecule has 0 spiro atoms. The van der Waals surface area contributed by atoms with Crippen LogP contribution in [0.4, 0.5) is 13.2 Å². The number of carboxylic acid groups (broad SMARTS) is 1. The summed E-state index contributed by atoms with van der Waals surface area (Å²) in [7, 11) is 0. The maximum Gasteiger partial charge on any atom is 0.416 e. The van der Waals surface area contributed by atoms with Gasteiger partial charge in [-0.1, -0.05) is 36.4 Å². The van der Waals surface area contributed by atoms with E-state index in [2.05, 4.69) is 0 Å². The molecule has 0 aliphatic heterocycles. The van der Waals surface area contributed by atoms with Crippen molar-refractivity contribution < 1.29 is 32.5 Å². The van der Waals surface area contributed by atoms with Crippen molar-refractivity contribution in [2.24, 2.45) is 0 Å². The largest absolute Gasteiger partial charge is 0.492 e. The quantitative estimate of drug-likeness (QED) is 0.314. The lowest BCUT2D eigenvalue weighted by atomic mass is 10.0. The number of carbonyl (C=O) groups is 1. The smallest absolute Gasteiger partial charge is 0.416 e. The summed E-state index contributed by atoms with van der Waals surface area (Å²) < 4.78 is 49.4. The van der Waals surface area contributed by atoms with E-state index in [-0.39, 0.29) is 0 Å². The first-order valence-corrected chi connectivity index (χ1v) is 11.7. The molecule has 0 bridgehead atoms. The first kappa shape index (κ1) is 25.5. The Bertz CT molecular complexity index is 1110. The molecule has 0 aliphatic carbocycles. The molecule has 3 aromatic carbocycles. The van der Waals surface area contributed by atoms with Crippen molar-refractivity contribution in [2.45, 2.75) is 31.3 Å². The second-order valence-electron chi connectivity index (χ2n) is 7.50. The second-order valence-corrected chi connectivity index (χ2v) is 8.64. The molecule has 3 rings (SSSR count). The maximum atomic E-state index is 12.8. The number of hydrogen-bond acceptors (Lipinski definition) is 4. The molecule has 180 valence electrons. The highest BCUT2D eigenvalue weighted by Gasteiger charge is 2.29. The minimum Gasteiger partial charge on any atom is -0.492 e. The summed E-state index contributed by atoms with van der Waals surface area (Å²) in [6, 6.07) is 16.5. The van der Waals surface area contributed by atoms with E-state index < -0.39 is 24.3 Å². The molecule has 0 fully saturated rings. The highest BCUT2D eigenvalue weighted by molar-refractivity contribution is 7.99. The van der Waals surface area contributed by atoms with Crippen LogP contribution in [0.2, 0.25) is 0 Å². The van der Waals surface area contributed by atoms with E-state index in [0.717, 1.165) is 51.5 Å². The predicted octanol–water partition coefficient (Wildman–Crippen LogP) is 6.88. The molecule has 0 amide bonds. The fourth-order valence-corrected chi connectivity index (χ4v) is 4.44. The molecule has 1 N–H and O–H groups in total. The molecule has 0 radical (unpaired) electrons. The monoisotopic (exact) mass is 490 g/mol. The third-order valence-corrected chi connectivity index (χ3v) is 6.15. The van der Waals surface area contributed by atoms with Gasteiger partial charge in [0.2, 0.25) is 0 Å². The number of aryl methyl sites for hydroxylation is 1. The normalized spacial score (nSPS) is 11.3. The van der Waals surface area contributed by atoms with Gasteiger partial charge in [0.05, 0.1) is 12.2 Å². The van der Waals surface area contributed by atoms with Gasteiger partial charge in [-0.2, -0.15) is 13.2 Å². The summed E-state index contributed by atoms with van der Waals surface area (Å²) in [6.07, 6.45) is -3.55. The molecular formula is C26H25F3O4S. The van der Waals surface area contributed by atoms with Crippen LogP contribution in [0.3, 0.4) is 0 Å². The maximum absolute atomic E-state index is 12.8. The molecule has 3 aromatic rings. The van der Waals surface area contributed by atoms with Crippen molar-refractivity contribution in [3.8, 4) is 22.6 Å². The number of aliphatic carboxylic acids is 1. The van der Waals surface area contributed by atoms with Gasteiger partial charge >= 0.3 is 12.1 Å². The van der Waals surface area contributed by atoms with Crippen LogP contribution in [0.25, 0.3) is 11.1 Å². The van der Waals surface area contributed by atoms with Crippen LogP contribution in [0.5, 0.6) is 11.5 Å². The van der Waals surface area contributed by atoms with E-state index in [1.54, 1.807) is 17.8 Å². The Labute approximate surface area is 200 Å². The molecule has 0 saturated carbocycles. The summed E-state index contributed by atoms with van der Waals surface area (Å²) >= 11 is 1.63. The fraction of sp³-hybridized carbons (Fsp3) is 0.269. The van der Waals surface area contributed by atoms with Crippen LogP contribution in [-0.2, 0) is 17.4 Å². The van der Waals surface area contributed by atoms with Gasteiger partial charge in [0.25, 0.3) is 0 Å². The van der Waals surface area contributed by atoms with E-state index in [9.17, 15) is 18.0 Å². The van der Waals surface area contributed by atoms with Gasteiger partial charge in [0.1, 0.15) is 11.5 Å². The summed E-state index contributed by atoms with van der Waals surface area (Å²) in [5.74, 6) is 0.913. The Morgan fingerprint density at radius 2 is 1.56 bits per heavy atom. The third kappa shape index (κ3) is 6.70. The number of ether oxygens (including phenoxy) is 2. The molecule has 8 heteroatoms. The van der Waals surface area contributed by atoms with E-state index >= 15 is 0 Å². The Balaban J connectivity index is 1.63. The number of halogens is 3. The first-order chi connectivity index (χ1) is 16.2. The van der Waals surface area contributed by atoms with Crippen LogP contribution in [-0.4, -0.2) is 30.0 Å². The fourth-order valence-electron chi connectivity index (χ4n) is 3.38. The minimum atomic E-state index is -4.34. The SMILES string of the molecule is CCOc1c(SCCc2ccc(-c3ccc(C(F)(F)F)cc3)cc2)ccc(OCC(=O)O)c1C. The van der Waals surface area contributed by atoms with Crippen molar-refractivity contribution in [2.75, 3.05) is 19.0 Å². The van der Waals surface area contributed by atoms with Crippen LogP contribution < -0.4 is 9.47 Å². The van der Waals surface area contributed by atoms with Gasteiger partial charge in [0.15, 0.2) is 6.61 Å². The summed E-state index contributed by atoms with van der Waals surface area (Å²) in [4.78, 5) is 11.7. The summed E-state index contributed by atoms with van der Waals surface area (Å²) in [5.41, 5.74) is 2.80. The number of rotatable bonds is 10. The van der Waals surface area contributed by atoms with E-state index in [4.69, 9.17) is 14.6 Å². The molecule has 4 nitrogen and oxygen atoms in total. The first-order valence-electron chi connectivity index (χ1n) is 10.7. The summed E-state index contributed by atoms with van der Waals surface area (Å²) in [6.45, 7) is 3.78. The highest BCUT2D eigenvalue weighted by Crippen LogP contribution is 2.38. The van der Waals surface area contributed by atoms with E-state index in [0.29, 0.717) is 18.1 Å². The molecule has 0 unspecified atom stereocenters. The molecule has 0 saturated heterocycles. The van der Waals surface area contributed by atoms with Gasteiger partial charge in [-0.15, -0.1) is 11.8 Å². The van der Waals surface area contributed by atoms with Gasteiger partial charge in [-0.3, -0.25) is 0 Å². The Morgan fingerprint density at radius 3 is 2.12 bits per heavy atom. The minimum absolute atomic E-state index is 0.415. The van der Waals surface area contributed by atoms with E-state index in [1.165, 1.54) is 12.1 Å². The van der Waals surface area contributed by atoms with Crippen molar-refractivity contribution >= 4 is 17.7 Å². The van der Waals surface area contributed by atoms with Gasteiger partial charge in [-0.25, -0.2) is 4.79 Å². The molecule has 0 aromatic heterocycles. The van der Waals surface area contributed by atoms with Crippen LogP contribution in [0, 0.1) is 6.92 Å². The standard InChI is InChI=1S/C26H25F3O4S/c1-3-32-25-17(2)22(33-16-24(30)31)12-13-23(25)34-15-14-18-4-6-19(7-5-18)20-8-10-21(11-9-20)26(27,28)29/h4-13H,3,14-16H2,1-2H3,(H,30,31). The van der Waals surface area contributed by atoms with Crippen molar-refractivity contribution in [1.29, 1.82) is 0 Å². The van der Waals surface area contributed by atoms with Crippen LogP contribution in [0.1, 0.15) is 23.6 Å². The molecule has 0 aliphatic rings. The van der Waals surface area contributed by atoms with Crippen molar-refractivity contribution in [3.05, 3.63) is 77.4 Å². The lowest BCUT2D eigenvalue weighted by molar-refractivity contribution is -0.139. The summed E-state index contributed by atoms with van der Waals surface area (Å²) in [5, 5.41) is 8.84. The van der Waals surface area contributed by atoms with Gasteiger partial charge < -0.3 is 14.6 Å². The average molecular weight is 491 g/mol. The topological polar surface area (TPSA) is 55.8 Å². The lowest BCUT2D eigenvalue weighted by Crippen LogP contribution is -2.10. The van der Waals surface area contributed by atoms with Gasteiger partial charge in [0, 0.05) is 16.2 Å². The average Bonchev–Trinajstić information content (AvgIpc) is 2.80.